The van der Waals surface area contributed by atoms with Crippen LogP contribution in [0.4, 0.5) is 13.2 Å². The van der Waals surface area contributed by atoms with Gasteiger partial charge in [-0.05, 0) is 42.0 Å². The molecule has 0 unspecified atom stereocenters. The minimum Gasteiger partial charge on any atom is -0.452 e. The molecule has 0 fully saturated rings. The van der Waals surface area contributed by atoms with Gasteiger partial charge in [0.15, 0.2) is 10.9 Å². The van der Waals surface area contributed by atoms with Gasteiger partial charge in [0.1, 0.15) is 11.3 Å². The number of nitrogens with zero attached hydrogens (tertiary/aromatic N) is 4. The van der Waals surface area contributed by atoms with E-state index in [1.54, 1.807) is 36.4 Å². The van der Waals surface area contributed by atoms with Crippen molar-refractivity contribution in [2.75, 3.05) is 5.75 Å². The second-order valence-corrected chi connectivity index (χ2v) is 8.79. The zero-order chi connectivity index (χ0) is 23.4. The van der Waals surface area contributed by atoms with E-state index in [1.165, 1.54) is 36.3 Å². The van der Waals surface area contributed by atoms with E-state index < -0.39 is 23.4 Å². The molecule has 3 aromatic heterocycles. The van der Waals surface area contributed by atoms with Crippen molar-refractivity contribution in [3.8, 4) is 33.9 Å². The minimum absolute atomic E-state index is 0.0786. The summed E-state index contributed by atoms with van der Waals surface area (Å²) in [5, 5.41) is 0.325. The van der Waals surface area contributed by atoms with Crippen LogP contribution in [0.2, 0.25) is 0 Å². The molecule has 2 aliphatic rings. The van der Waals surface area contributed by atoms with Gasteiger partial charge in [-0.15, -0.1) is 0 Å². The van der Waals surface area contributed by atoms with Crippen LogP contribution in [0.1, 0.15) is 11.1 Å². The Hall–Kier alpha value is -3.92. The van der Waals surface area contributed by atoms with Gasteiger partial charge in [0.2, 0.25) is 11.9 Å². The topological polar surface area (TPSA) is 86.3 Å². The van der Waals surface area contributed by atoms with Gasteiger partial charge in [-0.3, -0.25) is 0 Å². The second kappa shape index (κ2) is 7.56. The lowest BCUT2D eigenvalue weighted by Crippen LogP contribution is -2.31. The number of nitrogens with two attached hydrogens (primary N) is 1. The number of pyridine rings is 3. The van der Waals surface area contributed by atoms with Gasteiger partial charge >= 0.3 is 0 Å². The van der Waals surface area contributed by atoms with E-state index in [0.717, 1.165) is 0 Å². The molecule has 0 bridgehead atoms. The predicted molar refractivity (Wildman–Crippen MR) is 122 cm³/mol. The molecule has 6 nitrogen and oxygen atoms in total. The van der Waals surface area contributed by atoms with Gasteiger partial charge in [-0.2, -0.15) is 13.2 Å². The molecule has 4 aromatic rings. The van der Waals surface area contributed by atoms with Crippen molar-refractivity contribution in [2.45, 2.75) is 5.54 Å². The van der Waals surface area contributed by atoms with Gasteiger partial charge in [-0.25, -0.2) is 19.9 Å². The summed E-state index contributed by atoms with van der Waals surface area (Å²) < 4.78 is 49.3. The Morgan fingerprint density at radius 2 is 1.79 bits per heavy atom. The molecule has 5 heterocycles. The van der Waals surface area contributed by atoms with Crippen molar-refractivity contribution in [3.05, 3.63) is 89.9 Å². The van der Waals surface area contributed by atoms with E-state index in [0.29, 0.717) is 44.5 Å². The number of ether oxygens (including phenoxy) is 1. The Morgan fingerprint density at radius 1 is 0.912 bits per heavy atom. The first-order valence-corrected chi connectivity index (χ1v) is 11.2. The molecule has 1 spiro atoms. The highest BCUT2D eigenvalue weighted by Gasteiger charge is 2.47. The van der Waals surface area contributed by atoms with Gasteiger partial charge in [0, 0.05) is 46.5 Å². The number of hydrogen-bond donors (Lipinski definition) is 1. The van der Waals surface area contributed by atoms with Crippen LogP contribution in [0.15, 0.2) is 65.9 Å². The third-order valence-electron chi connectivity index (χ3n) is 5.84. The van der Waals surface area contributed by atoms with E-state index >= 15 is 4.39 Å². The molecule has 0 radical (unpaired) electrons. The summed E-state index contributed by atoms with van der Waals surface area (Å²) in [6.45, 7) is 0. The van der Waals surface area contributed by atoms with Crippen molar-refractivity contribution < 1.29 is 17.9 Å². The molecule has 0 saturated heterocycles. The van der Waals surface area contributed by atoms with Crippen molar-refractivity contribution in [3.63, 3.8) is 0 Å². The number of aliphatic imine (C=N–C) groups is 1. The Bertz CT molecular complexity index is 1510. The number of benzene rings is 1. The van der Waals surface area contributed by atoms with Crippen LogP contribution in [0.5, 0.6) is 11.5 Å². The van der Waals surface area contributed by atoms with Gasteiger partial charge in [0.05, 0.1) is 5.69 Å². The number of halogens is 3. The first-order valence-electron chi connectivity index (χ1n) is 10.2. The van der Waals surface area contributed by atoms with Gasteiger partial charge in [-0.1, -0.05) is 17.8 Å². The summed E-state index contributed by atoms with van der Waals surface area (Å²) in [4.78, 5) is 16.0. The minimum atomic E-state index is -1.10. The summed E-state index contributed by atoms with van der Waals surface area (Å²) in [5.74, 6) is -1.53. The summed E-state index contributed by atoms with van der Waals surface area (Å²) in [7, 11) is 0. The summed E-state index contributed by atoms with van der Waals surface area (Å²) in [6.07, 6.45) is 2.65. The summed E-state index contributed by atoms with van der Waals surface area (Å²) >= 11 is 1.32. The lowest BCUT2D eigenvalue weighted by Gasteiger charge is -2.34. The van der Waals surface area contributed by atoms with Crippen LogP contribution in [-0.4, -0.2) is 25.9 Å². The lowest BCUT2D eigenvalue weighted by atomic mass is 9.81. The van der Waals surface area contributed by atoms with Gasteiger partial charge in [0.25, 0.3) is 5.95 Å². The molecule has 2 N–H and O–H groups in total. The molecule has 0 aliphatic carbocycles. The van der Waals surface area contributed by atoms with E-state index in [9.17, 15) is 8.78 Å². The molecule has 1 aromatic carbocycles. The zero-order valence-corrected chi connectivity index (χ0v) is 18.1. The highest BCUT2D eigenvalue weighted by molar-refractivity contribution is 8.14. The predicted octanol–water partition coefficient (Wildman–Crippen LogP) is 5.03. The van der Waals surface area contributed by atoms with Crippen LogP contribution in [-0.2, 0) is 5.54 Å². The highest BCUT2D eigenvalue weighted by Crippen LogP contribution is 2.54. The second-order valence-electron chi connectivity index (χ2n) is 7.80. The molecular weight excluding hydrogens is 463 g/mol. The maximum absolute atomic E-state index is 15.3. The zero-order valence-electron chi connectivity index (χ0n) is 17.3. The van der Waals surface area contributed by atoms with Crippen LogP contribution < -0.4 is 10.5 Å². The number of rotatable bonds is 2. The average Bonchev–Trinajstić information content (AvgIpc) is 3.22. The molecule has 0 amide bonds. The third kappa shape index (κ3) is 3.13. The first-order chi connectivity index (χ1) is 16.4. The van der Waals surface area contributed by atoms with Crippen molar-refractivity contribution in [1.29, 1.82) is 0 Å². The fourth-order valence-corrected chi connectivity index (χ4v) is 5.24. The van der Waals surface area contributed by atoms with Crippen LogP contribution >= 0.6 is 11.8 Å². The lowest BCUT2D eigenvalue weighted by molar-refractivity contribution is 0.380. The standard InChI is InChI=1S/C24H14F3N5OS/c25-19-9-13(5-7-29-19)17-10-16-20(22(27)31-17)33-18-4-3-12(14-2-1-6-30-21(14)26)8-15(18)24(16)11-34-23(28)32-24/h1-10H,11H2,(H2,28,32)/t24-/m0/s1. The van der Waals surface area contributed by atoms with E-state index in [4.69, 9.17) is 15.5 Å². The van der Waals surface area contributed by atoms with E-state index in [-0.39, 0.29) is 11.4 Å². The molecule has 34 heavy (non-hydrogen) atoms. The maximum atomic E-state index is 15.3. The average molecular weight is 477 g/mol. The number of fused-ring (bicyclic) bond motifs is 4. The number of hydrogen-bond acceptors (Lipinski definition) is 7. The SMILES string of the molecule is NC1=N[C@@]2(CS1)c1cc(-c3cccnc3F)ccc1Oc1c2cc(-c2ccnc(F)c2)nc1F. The number of thioether (sulfide) groups is 1. The van der Waals surface area contributed by atoms with Crippen LogP contribution in [0.25, 0.3) is 22.4 Å². The molecule has 2 aliphatic heterocycles. The Kier molecular flexibility index (Phi) is 4.59. The molecule has 6 rings (SSSR count). The summed E-state index contributed by atoms with van der Waals surface area (Å²) in [6, 6.07) is 12.7. The largest absolute Gasteiger partial charge is 0.452 e. The quantitative estimate of drug-likeness (QED) is 0.408. The van der Waals surface area contributed by atoms with Crippen LogP contribution in [0.3, 0.4) is 0 Å². The summed E-state index contributed by atoms with van der Waals surface area (Å²) in [5.41, 5.74) is 7.39. The molecule has 10 heteroatoms. The Balaban J connectivity index is 1.59. The fourth-order valence-electron chi connectivity index (χ4n) is 4.29. The monoisotopic (exact) mass is 477 g/mol. The molecule has 0 saturated carbocycles. The third-order valence-corrected chi connectivity index (χ3v) is 6.79. The molecule has 168 valence electrons. The van der Waals surface area contributed by atoms with Crippen molar-refractivity contribution in [2.24, 2.45) is 10.7 Å². The molecular formula is C24H14F3N5OS. The molecule has 1 atom stereocenters. The smallest absolute Gasteiger partial charge is 0.256 e. The van der Waals surface area contributed by atoms with E-state index in [1.807, 2.05) is 0 Å². The Labute approximate surface area is 195 Å². The van der Waals surface area contributed by atoms with Gasteiger partial charge < -0.3 is 10.5 Å². The van der Waals surface area contributed by atoms with Crippen LogP contribution in [0, 0.1) is 17.8 Å². The number of amidine groups is 1. The van der Waals surface area contributed by atoms with Crippen molar-refractivity contribution in [1.82, 2.24) is 15.0 Å². The Morgan fingerprint density at radius 3 is 2.56 bits per heavy atom. The number of aromatic nitrogens is 3. The maximum Gasteiger partial charge on any atom is 0.256 e. The first kappa shape index (κ1) is 20.7. The highest BCUT2D eigenvalue weighted by atomic mass is 32.2. The fraction of sp³-hybridized carbons (Fsp3) is 0.0833. The van der Waals surface area contributed by atoms with Crippen molar-refractivity contribution >= 4 is 16.9 Å². The normalized spacial score (nSPS) is 18.3. The van der Waals surface area contributed by atoms with E-state index in [2.05, 4.69) is 15.0 Å².